The zero-order valence-corrected chi connectivity index (χ0v) is 15.7. The first-order chi connectivity index (χ1) is 13.0. The highest BCUT2D eigenvalue weighted by Gasteiger charge is 2.18. The van der Waals surface area contributed by atoms with E-state index in [1.54, 1.807) is 48.2 Å². The molecule has 0 unspecified atom stereocenters. The summed E-state index contributed by atoms with van der Waals surface area (Å²) in [6.07, 6.45) is 1.63. The first kappa shape index (κ1) is 18.5. The minimum Gasteiger partial charge on any atom is -0.497 e. The molecule has 2 heterocycles. The van der Waals surface area contributed by atoms with Crippen LogP contribution in [-0.2, 0) is 11.3 Å². The lowest BCUT2D eigenvalue weighted by Crippen LogP contribution is -2.30. The number of rotatable bonds is 6. The Morgan fingerprint density at radius 2 is 2.00 bits per heavy atom. The molecule has 0 radical (unpaired) electrons. The number of carbonyl (C=O) groups excluding carboxylic acids is 1. The van der Waals surface area contributed by atoms with Crippen LogP contribution in [-0.4, -0.2) is 34.2 Å². The molecular formula is C19H22N4O4. The van der Waals surface area contributed by atoms with Crippen molar-refractivity contribution in [1.82, 2.24) is 14.1 Å². The van der Waals surface area contributed by atoms with E-state index in [4.69, 9.17) is 9.47 Å². The maximum atomic E-state index is 12.8. The highest BCUT2D eigenvalue weighted by molar-refractivity contribution is 5.93. The van der Waals surface area contributed by atoms with Crippen LogP contribution in [0.25, 0.3) is 11.2 Å². The summed E-state index contributed by atoms with van der Waals surface area (Å²) in [7, 11) is 3.06. The Labute approximate surface area is 156 Å². The van der Waals surface area contributed by atoms with Crippen LogP contribution in [0.15, 0.2) is 41.3 Å². The third-order valence-corrected chi connectivity index (χ3v) is 4.22. The Morgan fingerprint density at radius 3 is 2.67 bits per heavy atom. The number of hydrogen-bond donors (Lipinski definition) is 1. The summed E-state index contributed by atoms with van der Waals surface area (Å²) in [5, 5.41) is 2.78. The van der Waals surface area contributed by atoms with Gasteiger partial charge in [0.1, 0.15) is 18.0 Å². The smallest absolute Gasteiger partial charge is 0.331 e. The molecule has 0 aliphatic heterocycles. The number of benzene rings is 1. The van der Waals surface area contributed by atoms with Gasteiger partial charge < -0.3 is 14.8 Å². The fourth-order valence-corrected chi connectivity index (χ4v) is 2.97. The summed E-state index contributed by atoms with van der Waals surface area (Å²) >= 11 is 0. The van der Waals surface area contributed by atoms with Crippen molar-refractivity contribution in [1.29, 1.82) is 0 Å². The van der Waals surface area contributed by atoms with E-state index in [0.29, 0.717) is 28.4 Å². The maximum Gasteiger partial charge on any atom is 0.331 e. The molecule has 142 valence electrons. The summed E-state index contributed by atoms with van der Waals surface area (Å²) in [6.45, 7) is 3.67. The van der Waals surface area contributed by atoms with Gasteiger partial charge >= 0.3 is 5.69 Å². The van der Waals surface area contributed by atoms with Crippen molar-refractivity contribution >= 4 is 22.8 Å². The Kier molecular flexibility index (Phi) is 5.16. The molecule has 2 aromatic heterocycles. The second kappa shape index (κ2) is 7.53. The van der Waals surface area contributed by atoms with Gasteiger partial charge in [-0.25, -0.2) is 9.78 Å². The molecule has 8 heteroatoms. The number of imidazole rings is 1. The molecular weight excluding hydrogens is 348 g/mol. The predicted octanol–water partition coefficient (Wildman–Crippen LogP) is 2.43. The van der Waals surface area contributed by atoms with Crippen LogP contribution in [0.2, 0.25) is 0 Å². The average molecular weight is 370 g/mol. The Bertz CT molecular complexity index is 1040. The van der Waals surface area contributed by atoms with Gasteiger partial charge in [0.15, 0.2) is 5.65 Å². The van der Waals surface area contributed by atoms with Crippen LogP contribution in [0.5, 0.6) is 11.5 Å². The van der Waals surface area contributed by atoms with Gasteiger partial charge in [-0.05, 0) is 38.1 Å². The molecule has 0 saturated heterocycles. The molecule has 1 N–H and O–H groups in total. The lowest BCUT2D eigenvalue weighted by Gasteiger charge is -2.12. The van der Waals surface area contributed by atoms with Crippen molar-refractivity contribution in [3.63, 3.8) is 0 Å². The van der Waals surface area contributed by atoms with Gasteiger partial charge in [-0.1, -0.05) is 0 Å². The minimum absolute atomic E-state index is 0.0716. The van der Waals surface area contributed by atoms with Gasteiger partial charge in [0.2, 0.25) is 5.91 Å². The Balaban J connectivity index is 1.94. The number of hydrogen-bond acceptors (Lipinski definition) is 5. The van der Waals surface area contributed by atoms with E-state index in [2.05, 4.69) is 10.3 Å². The number of anilines is 1. The second-order valence-electron chi connectivity index (χ2n) is 6.29. The van der Waals surface area contributed by atoms with E-state index in [9.17, 15) is 9.59 Å². The lowest BCUT2D eigenvalue weighted by molar-refractivity contribution is -0.116. The zero-order valence-electron chi connectivity index (χ0n) is 15.7. The molecule has 0 aliphatic carbocycles. The molecule has 1 amide bonds. The van der Waals surface area contributed by atoms with Crippen LogP contribution in [0.4, 0.5) is 5.69 Å². The van der Waals surface area contributed by atoms with E-state index < -0.39 is 0 Å². The largest absolute Gasteiger partial charge is 0.497 e. The monoisotopic (exact) mass is 370 g/mol. The highest BCUT2D eigenvalue weighted by atomic mass is 16.5. The highest BCUT2D eigenvalue weighted by Crippen LogP contribution is 2.28. The molecule has 0 fully saturated rings. The number of fused-ring (bicyclic) bond motifs is 1. The SMILES string of the molecule is COc1ccc(OC)c(NC(=O)Cn2c(=O)n(C(C)C)c3ncccc32)c1. The van der Waals surface area contributed by atoms with Crippen molar-refractivity contribution in [3.05, 3.63) is 47.0 Å². The van der Waals surface area contributed by atoms with Crippen molar-refractivity contribution in [2.24, 2.45) is 0 Å². The number of pyridine rings is 1. The molecule has 0 bridgehead atoms. The van der Waals surface area contributed by atoms with Gasteiger partial charge in [0, 0.05) is 18.3 Å². The quantitative estimate of drug-likeness (QED) is 0.720. The van der Waals surface area contributed by atoms with Gasteiger partial charge in [-0.3, -0.25) is 13.9 Å². The predicted molar refractivity (Wildman–Crippen MR) is 103 cm³/mol. The Morgan fingerprint density at radius 1 is 1.22 bits per heavy atom. The molecule has 0 saturated carbocycles. The van der Waals surface area contributed by atoms with Crippen LogP contribution in [0, 0.1) is 0 Å². The van der Waals surface area contributed by atoms with Crippen LogP contribution < -0.4 is 20.5 Å². The molecule has 0 aliphatic rings. The summed E-state index contributed by atoms with van der Waals surface area (Å²) < 4.78 is 13.5. The number of nitrogens with one attached hydrogen (secondary N) is 1. The van der Waals surface area contributed by atoms with Gasteiger partial charge in [0.05, 0.1) is 25.4 Å². The summed E-state index contributed by atoms with van der Waals surface area (Å²) in [5.41, 5.74) is 1.38. The van der Waals surface area contributed by atoms with Crippen molar-refractivity contribution in [2.75, 3.05) is 19.5 Å². The second-order valence-corrected chi connectivity index (χ2v) is 6.29. The first-order valence-corrected chi connectivity index (χ1v) is 8.54. The number of ether oxygens (including phenoxy) is 2. The third-order valence-electron chi connectivity index (χ3n) is 4.22. The fourth-order valence-electron chi connectivity index (χ4n) is 2.97. The van der Waals surface area contributed by atoms with Crippen LogP contribution in [0.1, 0.15) is 19.9 Å². The molecule has 3 rings (SSSR count). The van der Waals surface area contributed by atoms with E-state index in [0.717, 1.165) is 0 Å². The maximum absolute atomic E-state index is 12.8. The number of carbonyl (C=O) groups is 1. The molecule has 3 aromatic rings. The minimum atomic E-state index is -0.352. The van der Waals surface area contributed by atoms with E-state index in [1.165, 1.54) is 11.7 Å². The molecule has 0 spiro atoms. The molecule has 27 heavy (non-hydrogen) atoms. The standard InChI is InChI=1S/C19H22N4O4/c1-12(2)23-18-15(6-5-9-20-18)22(19(23)25)11-17(24)21-14-10-13(26-3)7-8-16(14)27-4/h5-10,12H,11H2,1-4H3,(H,21,24). The third kappa shape index (κ3) is 3.51. The number of amides is 1. The Hall–Kier alpha value is -3.29. The molecule has 8 nitrogen and oxygen atoms in total. The van der Waals surface area contributed by atoms with Gasteiger partial charge in [0.25, 0.3) is 0 Å². The number of aromatic nitrogens is 3. The van der Waals surface area contributed by atoms with Gasteiger partial charge in [-0.2, -0.15) is 0 Å². The van der Waals surface area contributed by atoms with Crippen LogP contribution in [0.3, 0.4) is 0 Å². The number of methoxy groups -OCH3 is 2. The first-order valence-electron chi connectivity index (χ1n) is 8.54. The average Bonchev–Trinajstić information content (AvgIpc) is 2.93. The normalized spacial score (nSPS) is 11.0. The summed E-state index contributed by atoms with van der Waals surface area (Å²) in [6, 6.07) is 8.56. The van der Waals surface area contributed by atoms with E-state index >= 15 is 0 Å². The van der Waals surface area contributed by atoms with Crippen molar-refractivity contribution in [2.45, 2.75) is 26.4 Å². The van der Waals surface area contributed by atoms with Crippen molar-refractivity contribution in [3.8, 4) is 11.5 Å². The summed E-state index contributed by atoms with van der Waals surface area (Å²) in [5.74, 6) is 0.738. The van der Waals surface area contributed by atoms with Crippen LogP contribution >= 0.6 is 0 Å². The van der Waals surface area contributed by atoms with E-state index in [1.807, 2.05) is 13.8 Å². The number of nitrogens with zero attached hydrogens (tertiary/aromatic N) is 3. The van der Waals surface area contributed by atoms with Gasteiger partial charge in [-0.15, -0.1) is 0 Å². The fraction of sp³-hybridized carbons (Fsp3) is 0.316. The van der Waals surface area contributed by atoms with Crippen molar-refractivity contribution < 1.29 is 14.3 Å². The lowest BCUT2D eigenvalue weighted by atomic mass is 10.2. The zero-order chi connectivity index (χ0) is 19.6. The molecule has 0 atom stereocenters. The van der Waals surface area contributed by atoms with E-state index in [-0.39, 0.29) is 24.2 Å². The topological polar surface area (TPSA) is 87.4 Å². The summed E-state index contributed by atoms with van der Waals surface area (Å²) in [4.78, 5) is 29.7. The molecule has 1 aromatic carbocycles.